The van der Waals surface area contributed by atoms with Gasteiger partial charge in [-0.05, 0) is 25.5 Å². The first-order chi connectivity index (χ1) is 17.5. The molecule has 2 aliphatic heterocycles. The second kappa shape index (κ2) is 9.17. The van der Waals surface area contributed by atoms with Crippen LogP contribution >= 0.6 is 11.6 Å². The van der Waals surface area contributed by atoms with Crippen molar-refractivity contribution in [3.8, 4) is 0 Å². The van der Waals surface area contributed by atoms with Gasteiger partial charge in [-0.15, -0.1) is 11.6 Å². The summed E-state index contributed by atoms with van der Waals surface area (Å²) in [4.78, 5) is 63.0. The van der Waals surface area contributed by atoms with E-state index in [0.29, 0.717) is 0 Å². The maximum absolute atomic E-state index is 13.4. The number of carbonyl (C=O) groups excluding carboxylic acids is 5. The molecule has 4 rings (SSSR count). The van der Waals surface area contributed by atoms with E-state index < -0.39 is 94.0 Å². The molecule has 0 unspecified atom stereocenters. The predicted molar refractivity (Wildman–Crippen MR) is 128 cm³/mol. The van der Waals surface area contributed by atoms with Crippen molar-refractivity contribution in [2.24, 2.45) is 17.3 Å². The molecule has 2 saturated heterocycles. The van der Waals surface area contributed by atoms with Crippen LogP contribution in [0.5, 0.6) is 0 Å². The van der Waals surface area contributed by atoms with Gasteiger partial charge in [0.25, 0.3) is 0 Å². The summed E-state index contributed by atoms with van der Waals surface area (Å²) in [5.74, 6) is -6.38. The molecular weight excluding hydrogens is 524 g/mol. The lowest BCUT2D eigenvalue weighted by atomic mass is 9.55. The number of alkyl halides is 1. The van der Waals surface area contributed by atoms with Crippen LogP contribution in [0.3, 0.4) is 0 Å². The number of aliphatic hydroxyl groups is 1. The van der Waals surface area contributed by atoms with Crippen LogP contribution in [0.15, 0.2) is 24.3 Å². The molecule has 0 bridgehead atoms. The molecule has 0 aromatic heterocycles. The standard InChI is InChI=1S/C26H31ClO11/c1-10-16(27)20-26(33,11(2)23(32)37-20)22(35-13(4)29)19-24(6,21-18(36-21)17(10)34-12(3)28)9-8-15(31)25(19,7)38-14(5)30/h8-9,11,16-22,33H,1H2,2-7H3/t11-,16-,17+,18+,19+,20-,21-,22-,24-,25+,26-/m0/s1. The minimum Gasteiger partial charge on any atom is -0.459 e. The minimum absolute atomic E-state index is 0.0990. The molecule has 38 heavy (non-hydrogen) atoms. The fraction of sp³-hybridized carbons (Fsp3) is 0.654. The summed E-state index contributed by atoms with van der Waals surface area (Å²) in [6.45, 7) is 11.8. The van der Waals surface area contributed by atoms with Crippen LogP contribution in [-0.4, -0.2) is 81.9 Å². The van der Waals surface area contributed by atoms with Crippen molar-refractivity contribution in [2.45, 2.75) is 88.6 Å². The Morgan fingerprint density at radius 3 is 2.21 bits per heavy atom. The summed E-state index contributed by atoms with van der Waals surface area (Å²) in [7, 11) is 0. The monoisotopic (exact) mass is 554 g/mol. The Kier molecular flexibility index (Phi) is 6.82. The molecule has 0 aromatic carbocycles. The van der Waals surface area contributed by atoms with Gasteiger partial charge in [0.2, 0.25) is 0 Å². The van der Waals surface area contributed by atoms with Gasteiger partial charge in [-0.3, -0.25) is 24.0 Å². The number of hydrogen-bond acceptors (Lipinski definition) is 11. The largest absolute Gasteiger partial charge is 0.459 e. The number of ketones is 1. The van der Waals surface area contributed by atoms with Crippen molar-refractivity contribution in [3.05, 3.63) is 24.3 Å². The molecular formula is C26H31ClO11. The van der Waals surface area contributed by atoms with Crippen LogP contribution in [-0.2, 0) is 47.7 Å². The Bertz CT molecular complexity index is 1150. The molecule has 1 saturated carbocycles. The fourth-order valence-corrected chi connectivity index (χ4v) is 6.75. The number of fused-ring (bicyclic) bond motifs is 4. The molecule has 4 aliphatic rings. The van der Waals surface area contributed by atoms with Crippen molar-refractivity contribution < 1.29 is 52.8 Å². The van der Waals surface area contributed by atoms with Crippen LogP contribution in [0.25, 0.3) is 0 Å². The number of hydrogen-bond donors (Lipinski definition) is 1. The first kappa shape index (κ1) is 28.3. The highest BCUT2D eigenvalue weighted by Crippen LogP contribution is 2.59. The second-order valence-corrected chi connectivity index (χ2v) is 11.2. The lowest BCUT2D eigenvalue weighted by Crippen LogP contribution is -2.70. The summed E-state index contributed by atoms with van der Waals surface area (Å²) in [5, 5.41) is 11.0. The van der Waals surface area contributed by atoms with Crippen LogP contribution < -0.4 is 0 Å². The van der Waals surface area contributed by atoms with Gasteiger partial charge in [-0.25, -0.2) is 0 Å². The topological polar surface area (TPSA) is 155 Å². The molecule has 208 valence electrons. The summed E-state index contributed by atoms with van der Waals surface area (Å²) < 4.78 is 28.4. The number of esters is 4. The van der Waals surface area contributed by atoms with Crippen molar-refractivity contribution in [1.29, 1.82) is 0 Å². The van der Waals surface area contributed by atoms with Gasteiger partial charge in [-0.1, -0.05) is 19.6 Å². The molecule has 0 spiro atoms. The van der Waals surface area contributed by atoms with E-state index in [1.165, 1.54) is 32.9 Å². The Balaban J connectivity index is 2.04. The van der Waals surface area contributed by atoms with Crippen molar-refractivity contribution in [2.75, 3.05) is 0 Å². The smallest absolute Gasteiger partial charge is 0.312 e. The molecule has 0 aromatic rings. The van der Waals surface area contributed by atoms with Gasteiger partial charge in [0.05, 0.1) is 23.3 Å². The van der Waals surface area contributed by atoms with Crippen LogP contribution in [0.1, 0.15) is 41.5 Å². The zero-order valence-electron chi connectivity index (χ0n) is 21.9. The molecule has 11 nitrogen and oxygen atoms in total. The summed E-state index contributed by atoms with van der Waals surface area (Å²) in [6.07, 6.45) is -3.15. The predicted octanol–water partition coefficient (Wildman–Crippen LogP) is 1.17. The van der Waals surface area contributed by atoms with E-state index in [-0.39, 0.29) is 5.57 Å². The lowest BCUT2D eigenvalue weighted by molar-refractivity contribution is -0.225. The molecule has 1 N–H and O–H groups in total. The average Bonchev–Trinajstić information content (AvgIpc) is 3.57. The highest BCUT2D eigenvalue weighted by Gasteiger charge is 2.75. The van der Waals surface area contributed by atoms with Crippen LogP contribution in [0.2, 0.25) is 0 Å². The van der Waals surface area contributed by atoms with Crippen LogP contribution in [0.4, 0.5) is 0 Å². The normalized spacial score (nSPS) is 45.6. The maximum Gasteiger partial charge on any atom is 0.312 e. The third kappa shape index (κ3) is 4.06. The third-order valence-corrected chi connectivity index (χ3v) is 8.72. The van der Waals surface area contributed by atoms with Gasteiger partial charge in [-0.2, -0.15) is 0 Å². The molecule has 11 atom stereocenters. The number of halogens is 1. The highest BCUT2D eigenvalue weighted by molar-refractivity contribution is 6.23. The first-order valence-electron chi connectivity index (χ1n) is 12.2. The first-order valence-corrected chi connectivity index (χ1v) is 12.6. The van der Waals surface area contributed by atoms with Gasteiger partial charge in [0.15, 0.2) is 29.2 Å². The average molecular weight is 555 g/mol. The Morgan fingerprint density at radius 1 is 1.05 bits per heavy atom. The van der Waals surface area contributed by atoms with Gasteiger partial charge >= 0.3 is 23.9 Å². The SMILES string of the molecule is C=C1[C@@H](OC(C)=O)[C@H]2O[C@@H]2[C@@]2(C)C=CC(=O)[C@@](C)(OC(C)=O)[C@@H]2[C@H](OC(C)=O)[C@]2(O)[C@@H](C)C(=O)O[C@H]2[C@H]1Cl. The minimum atomic E-state index is -2.33. The number of ether oxygens (including phenoxy) is 5. The van der Waals surface area contributed by atoms with E-state index in [4.69, 9.17) is 35.3 Å². The van der Waals surface area contributed by atoms with Crippen molar-refractivity contribution in [1.82, 2.24) is 0 Å². The second-order valence-electron chi connectivity index (χ2n) is 10.8. The van der Waals surface area contributed by atoms with E-state index in [1.807, 2.05) is 0 Å². The third-order valence-electron chi connectivity index (χ3n) is 8.22. The molecule has 2 aliphatic carbocycles. The summed E-state index contributed by atoms with van der Waals surface area (Å²) >= 11 is 6.76. The van der Waals surface area contributed by atoms with Gasteiger partial charge in [0.1, 0.15) is 12.2 Å². The molecule has 3 fully saturated rings. The zero-order valence-corrected chi connectivity index (χ0v) is 22.6. The van der Waals surface area contributed by atoms with Crippen LogP contribution in [0, 0.1) is 17.3 Å². The molecule has 0 amide bonds. The Morgan fingerprint density at radius 2 is 1.66 bits per heavy atom. The maximum atomic E-state index is 13.4. The molecule has 2 heterocycles. The number of rotatable bonds is 3. The summed E-state index contributed by atoms with van der Waals surface area (Å²) in [6, 6.07) is 0. The molecule has 0 radical (unpaired) electrons. The van der Waals surface area contributed by atoms with Crippen molar-refractivity contribution >= 4 is 41.3 Å². The van der Waals surface area contributed by atoms with E-state index >= 15 is 0 Å². The zero-order chi connectivity index (χ0) is 28.5. The van der Waals surface area contributed by atoms with Crippen molar-refractivity contribution in [3.63, 3.8) is 0 Å². The van der Waals surface area contributed by atoms with E-state index in [0.717, 1.165) is 13.8 Å². The number of epoxide rings is 1. The highest BCUT2D eigenvalue weighted by atomic mass is 35.5. The quantitative estimate of drug-likeness (QED) is 0.176. The number of carbonyl (C=O) groups is 5. The van der Waals surface area contributed by atoms with Gasteiger partial charge in [0, 0.05) is 26.2 Å². The van der Waals surface area contributed by atoms with E-state index in [2.05, 4.69) is 6.58 Å². The van der Waals surface area contributed by atoms with E-state index in [9.17, 15) is 29.1 Å². The van der Waals surface area contributed by atoms with Gasteiger partial charge < -0.3 is 28.8 Å². The Labute approximate surface area is 224 Å². The Hall–Kier alpha value is -2.76. The fourth-order valence-electron chi connectivity index (χ4n) is 6.38. The molecule has 12 heteroatoms. The summed E-state index contributed by atoms with van der Waals surface area (Å²) in [5.41, 5.74) is -5.49. The van der Waals surface area contributed by atoms with E-state index in [1.54, 1.807) is 6.92 Å². The lowest BCUT2D eigenvalue weighted by Gasteiger charge is -2.53.